The Balaban J connectivity index is 1.73. The lowest BCUT2D eigenvalue weighted by molar-refractivity contribution is 0.0684. The van der Waals surface area contributed by atoms with Crippen molar-refractivity contribution in [3.63, 3.8) is 0 Å². The maximum absolute atomic E-state index is 13.5. The van der Waals surface area contributed by atoms with Crippen molar-refractivity contribution >= 4 is 40.1 Å². The van der Waals surface area contributed by atoms with Gasteiger partial charge in [0, 0.05) is 46.1 Å². The van der Waals surface area contributed by atoms with Crippen LogP contribution < -0.4 is 5.32 Å². The molecule has 0 aliphatic heterocycles. The van der Waals surface area contributed by atoms with Gasteiger partial charge in [0.05, 0.1) is 0 Å². The van der Waals surface area contributed by atoms with Crippen LogP contribution in [0.4, 0.5) is 4.39 Å². The van der Waals surface area contributed by atoms with E-state index >= 15 is 0 Å². The molecule has 0 amide bonds. The number of hydrogen-bond donors (Lipinski definition) is 2. The molecule has 0 aliphatic rings. The standard InChI is InChI=1S/C25H21Cl2FN2O2/c1-15-2-9-20-21(13-29-12-16-3-6-18(26)7-4-16)24(25(31)32)30(23(20)10-15)14-17-5-8-19(28)11-22(17)27/h2-11,29H,12-14H2,1H3,(H,31,32). The second-order valence-electron chi connectivity index (χ2n) is 7.70. The molecular weight excluding hydrogens is 450 g/mol. The van der Waals surface area contributed by atoms with Gasteiger partial charge in [0.25, 0.3) is 0 Å². The highest BCUT2D eigenvalue weighted by Crippen LogP contribution is 2.30. The molecule has 1 heterocycles. The minimum atomic E-state index is -1.03. The summed E-state index contributed by atoms with van der Waals surface area (Å²) in [6, 6.07) is 17.5. The summed E-state index contributed by atoms with van der Waals surface area (Å²) in [6.45, 7) is 3.12. The van der Waals surface area contributed by atoms with Gasteiger partial charge in [-0.25, -0.2) is 9.18 Å². The molecule has 164 valence electrons. The zero-order chi connectivity index (χ0) is 22.8. The Morgan fingerprint density at radius 3 is 2.47 bits per heavy atom. The van der Waals surface area contributed by atoms with Crippen molar-refractivity contribution in [2.45, 2.75) is 26.6 Å². The number of halogens is 3. The molecule has 7 heteroatoms. The van der Waals surface area contributed by atoms with Crippen LogP contribution in [-0.2, 0) is 19.6 Å². The third kappa shape index (κ3) is 4.65. The van der Waals surface area contributed by atoms with Crippen LogP contribution in [0.5, 0.6) is 0 Å². The molecule has 4 rings (SSSR count). The monoisotopic (exact) mass is 470 g/mol. The smallest absolute Gasteiger partial charge is 0.352 e. The second kappa shape index (κ2) is 9.33. The molecule has 4 aromatic rings. The number of nitrogens with zero attached hydrogens (tertiary/aromatic N) is 1. The largest absolute Gasteiger partial charge is 0.477 e. The van der Waals surface area contributed by atoms with Crippen LogP contribution in [0, 0.1) is 12.7 Å². The van der Waals surface area contributed by atoms with Crippen LogP contribution in [0.15, 0.2) is 60.7 Å². The first-order chi connectivity index (χ1) is 15.3. The number of rotatable bonds is 7. The molecule has 3 aromatic carbocycles. The van der Waals surface area contributed by atoms with Crippen LogP contribution >= 0.6 is 23.2 Å². The van der Waals surface area contributed by atoms with Gasteiger partial charge in [0.15, 0.2) is 0 Å². The number of nitrogens with one attached hydrogen (secondary N) is 1. The lowest BCUT2D eigenvalue weighted by Crippen LogP contribution is -2.17. The van der Waals surface area contributed by atoms with E-state index in [1.807, 2.05) is 49.4 Å². The Morgan fingerprint density at radius 2 is 1.78 bits per heavy atom. The molecule has 0 spiro atoms. The molecular formula is C25H21Cl2FN2O2. The maximum atomic E-state index is 13.5. The summed E-state index contributed by atoms with van der Waals surface area (Å²) in [5, 5.41) is 15.2. The van der Waals surface area contributed by atoms with Crippen molar-refractivity contribution in [1.82, 2.24) is 9.88 Å². The van der Waals surface area contributed by atoms with Crippen molar-refractivity contribution in [1.29, 1.82) is 0 Å². The maximum Gasteiger partial charge on any atom is 0.352 e. The summed E-state index contributed by atoms with van der Waals surface area (Å²) in [7, 11) is 0. The highest BCUT2D eigenvalue weighted by molar-refractivity contribution is 6.31. The molecule has 0 radical (unpaired) electrons. The number of benzene rings is 3. The molecule has 0 aliphatic carbocycles. The Bertz CT molecular complexity index is 1300. The predicted molar refractivity (Wildman–Crippen MR) is 126 cm³/mol. The number of aromatic carboxylic acids is 1. The third-order valence-corrected chi connectivity index (χ3v) is 6.02. The average Bonchev–Trinajstić information content (AvgIpc) is 3.04. The summed E-state index contributed by atoms with van der Waals surface area (Å²) >= 11 is 12.2. The highest BCUT2D eigenvalue weighted by Gasteiger charge is 2.23. The van der Waals surface area contributed by atoms with Crippen molar-refractivity contribution in [2.24, 2.45) is 0 Å². The molecule has 32 heavy (non-hydrogen) atoms. The number of carboxylic acid groups (broad SMARTS) is 1. The Kier molecular flexibility index (Phi) is 6.51. The number of hydrogen-bond acceptors (Lipinski definition) is 2. The normalized spacial score (nSPS) is 11.2. The fraction of sp³-hybridized carbons (Fsp3) is 0.160. The quantitative estimate of drug-likeness (QED) is 0.327. The zero-order valence-corrected chi connectivity index (χ0v) is 18.8. The molecule has 0 atom stereocenters. The summed E-state index contributed by atoms with van der Waals surface area (Å²) in [4.78, 5) is 12.3. The van der Waals surface area contributed by atoms with Crippen LogP contribution in [0.1, 0.15) is 32.7 Å². The van der Waals surface area contributed by atoms with Gasteiger partial charge < -0.3 is 15.0 Å². The van der Waals surface area contributed by atoms with Gasteiger partial charge in [-0.1, -0.05) is 53.5 Å². The molecule has 4 nitrogen and oxygen atoms in total. The average molecular weight is 471 g/mol. The first-order valence-corrected chi connectivity index (χ1v) is 10.8. The van der Waals surface area contributed by atoms with E-state index in [-0.39, 0.29) is 17.3 Å². The molecule has 0 unspecified atom stereocenters. The first-order valence-electron chi connectivity index (χ1n) is 10.1. The van der Waals surface area contributed by atoms with E-state index in [2.05, 4.69) is 5.32 Å². The number of carbonyl (C=O) groups is 1. The van der Waals surface area contributed by atoms with Gasteiger partial charge in [0.1, 0.15) is 11.5 Å². The Morgan fingerprint density at radius 1 is 1.03 bits per heavy atom. The van der Waals surface area contributed by atoms with Crippen molar-refractivity contribution in [3.8, 4) is 0 Å². The number of fused-ring (bicyclic) bond motifs is 1. The lowest BCUT2D eigenvalue weighted by atomic mass is 10.1. The van der Waals surface area contributed by atoms with E-state index in [1.165, 1.54) is 12.1 Å². The predicted octanol–water partition coefficient (Wildman–Crippen LogP) is 6.43. The molecule has 0 saturated carbocycles. The molecule has 0 saturated heterocycles. The number of aromatic nitrogens is 1. The SMILES string of the molecule is Cc1ccc2c(CNCc3ccc(Cl)cc3)c(C(=O)O)n(Cc3ccc(F)cc3Cl)c2c1. The van der Waals surface area contributed by atoms with Crippen molar-refractivity contribution in [2.75, 3.05) is 0 Å². The molecule has 0 bridgehead atoms. The van der Waals surface area contributed by atoms with Gasteiger partial charge in [-0.3, -0.25) is 0 Å². The molecule has 1 aromatic heterocycles. The van der Waals surface area contributed by atoms with Crippen LogP contribution in [0.3, 0.4) is 0 Å². The summed E-state index contributed by atoms with van der Waals surface area (Å²) in [5.41, 5.74) is 4.39. The molecule has 2 N–H and O–H groups in total. The Labute approximate surface area is 195 Å². The van der Waals surface area contributed by atoms with Gasteiger partial charge in [0.2, 0.25) is 0 Å². The fourth-order valence-electron chi connectivity index (χ4n) is 3.87. The summed E-state index contributed by atoms with van der Waals surface area (Å²) < 4.78 is 15.2. The van der Waals surface area contributed by atoms with Gasteiger partial charge >= 0.3 is 5.97 Å². The Hall–Kier alpha value is -2.86. The minimum absolute atomic E-state index is 0.189. The van der Waals surface area contributed by atoms with E-state index in [0.717, 1.165) is 22.0 Å². The first kappa shape index (κ1) is 22.3. The van der Waals surface area contributed by atoms with Gasteiger partial charge in [-0.05, 0) is 53.9 Å². The summed E-state index contributed by atoms with van der Waals surface area (Å²) in [5.74, 6) is -1.46. The van der Waals surface area contributed by atoms with E-state index in [0.29, 0.717) is 29.2 Å². The van der Waals surface area contributed by atoms with E-state index in [9.17, 15) is 14.3 Å². The van der Waals surface area contributed by atoms with Crippen molar-refractivity contribution < 1.29 is 14.3 Å². The van der Waals surface area contributed by atoms with Crippen LogP contribution in [-0.4, -0.2) is 15.6 Å². The van der Waals surface area contributed by atoms with E-state index < -0.39 is 11.8 Å². The summed E-state index contributed by atoms with van der Waals surface area (Å²) in [6.07, 6.45) is 0. The fourth-order valence-corrected chi connectivity index (χ4v) is 4.23. The number of carboxylic acids is 1. The van der Waals surface area contributed by atoms with Gasteiger partial charge in [-0.15, -0.1) is 0 Å². The number of aryl methyl sites for hydroxylation is 1. The molecule has 0 fully saturated rings. The van der Waals surface area contributed by atoms with Crippen molar-refractivity contribution in [3.05, 3.63) is 104 Å². The topological polar surface area (TPSA) is 54.3 Å². The van der Waals surface area contributed by atoms with Gasteiger partial charge in [-0.2, -0.15) is 0 Å². The second-order valence-corrected chi connectivity index (χ2v) is 8.55. The van der Waals surface area contributed by atoms with Crippen LogP contribution in [0.25, 0.3) is 10.9 Å². The minimum Gasteiger partial charge on any atom is -0.477 e. The van der Waals surface area contributed by atoms with Crippen LogP contribution in [0.2, 0.25) is 10.0 Å². The zero-order valence-electron chi connectivity index (χ0n) is 17.3. The van der Waals surface area contributed by atoms with E-state index in [4.69, 9.17) is 23.2 Å². The lowest BCUT2D eigenvalue weighted by Gasteiger charge is -2.11. The van der Waals surface area contributed by atoms with E-state index in [1.54, 1.807) is 10.6 Å². The third-order valence-electron chi connectivity index (χ3n) is 5.42. The highest BCUT2D eigenvalue weighted by atomic mass is 35.5.